The summed E-state index contributed by atoms with van der Waals surface area (Å²) >= 11 is 0. The second-order valence-corrected chi connectivity index (χ2v) is 9.83. The molecule has 0 amide bonds. The van der Waals surface area contributed by atoms with Gasteiger partial charge in [0, 0.05) is 17.7 Å². The lowest BCUT2D eigenvalue weighted by atomic mass is 9.56. The average Bonchev–Trinajstić information content (AvgIpc) is 3.13. The molecule has 1 aliphatic heterocycles. The van der Waals surface area contributed by atoms with E-state index in [9.17, 15) is 23.1 Å². The van der Waals surface area contributed by atoms with Crippen molar-refractivity contribution < 1.29 is 27.8 Å². The molecule has 4 nitrogen and oxygen atoms in total. The Bertz CT molecular complexity index is 1080. The highest BCUT2D eigenvalue weighted by molar-refractivity contribution is 5.76. The van der Waals surface area contributed by atoms with Crippen LogP contribution in [0.4, 0.5) is 13.2 Å². The largest absolute Gasteiger partial charge is 0.462 e. The normalized spacial score (nSPS) is 33.4. The molecule has 1 aromatic carbocycles. The molecule has 34 heavy (non-hydrogen) atoms. The molecule has 0 radical (unpaired) electrons. The molecule has 1 N–H and O–H groups in total. The zero-order valence-electron chi connectivity index (χ0n) is 18.9. The Morgan fingerprint density at radius 2 is 1.85 bits per heavy atom. The van der Waals surface area contributed by atoms with E-state index in [1.54, 1.807) is 24.4 Å². The first kappa shape index (κ1) is 23.1. The van der Waals surface area contributed by atoms with Crippen molar-refractivity contribution in [3.8, 4) is 11.1 Å². The van der Waals surface area contributed by atoms with Crippen molar-refractivity contribution in [1.29, 1.82) is 0 Å². The lowest BCUT2D eigenvalue weighted by Crippen LogP contribution is -2.51. The molecule has 2 aliphatic carbocycles. The quantitative estimate of drug-likeness (QED) is 0.579. The minimum Gasteiger partial charge on any atom is -0.462 e. The fraction of sp³-hybridized carbons (Fsp3) is 0.481. The first-order chi connectivity index (χ1) is 16.2. The van der Waals surface area contributed by atoms with Crippen LogP contribution in [0.2, 0.25) is 0 Å². The number of esters is 1. The maximum Gasteiger partial charge on any atom is 0.416 e. The van der Waals surface area contributed by atoms with E-state index in [0.29, 0.717) is 22.7 Å². The van der Waals surface area contributed by atoms with Crippen LogP contribution < -0.4 is 0 Å². The third-order valence-electron chi connectivity index (χ3n) is 7.95. The Kier molecular flexibility index (Phi) is 6.00. The molecule has 1 saturated heterocycles. The van der Waals surface area contributed by atoms with Gasteiger partial charge < -0.3 is 9.84 Å². The van der Waals surface area contributed by atoms with E-state index in [1.165, 1.54) is 6.07 Å². The van der Waals surface area contributed by atoms with E-state index in [1.807, 2.05) is 13.0 Å². The van der Waals surface area contributed by atoms with Crippen molar-refractivity contribution in [1.82, 2.24) is 4.98 Å². The number of rotatable bonds is 3. The molecule has 0 bridgehead atoms. The number of aromatic nitrogens is 1. The van der Waals surface area contributed by atoms with Gasteiger partial charge in [-0.1, -0.05) is 37.1 Å². The highest BCUT2D eigenvalue weighted by Crippen LogP contribution is 2.53. The molecule has 3 fully saturated rings. The van der Waals surface area contributed by atoms with Gasteiger partial charge in [-0.05, 0) is 67.4 Å². The molecular formula is C27H28F3NO3. The van der Waals surface area contributed by atoms with E-state index >= 15 is 0 Å². The lowest BCUT2D eigenvalue weighted by Gasteiger charge is -2.48. The summed E-state index contributed by atoms with van der Waals surface area (Å²) in [6, 6.07) is 8.77. The maximum atomic E-state index is 13.0. The molecule has 0 spiro atoms. The van der Waals surface area contributed by atoms with E-state index in [-0.39, 0.29) is 29.8 Å². The topological polar surface area (TPSA) is 59.4 Å². The lowest BCUT2D eigenvalue weighted by molar-refractivity contribution is -0.149. The predicted molar refractivity (Wildman–Crippen MR) is 121 cm³/mol. The Morgan fingerprint density at radius 3 is 2.56 bits per heavy atom. The SMILES string of the molecule is C[C@H]1OC(=O)[C@@H]2[C@H](O)[C@@H]3CCCC[C@H]3[C@@H](/C=C/c3ccc(-c4cccc(C(F)(F)F)c4)cn3)[C@@H]21. The first-order valence-electron chi connectivity index (χ1n) is 11.9. The molecule has 5 rings (SSSR count). The number of allylic oxidation sites excluding steroid dienone is 1. The number of nitrogens with zero attached hydrogens (tertiary/aromatic N) is 1. The van der Waals surface area contributed by atoms with Crippen LogP contribution in [0.1, 0.15) is 43.9 Å². The highest BCUT2D eigenvalue weighted by atomic mass is 19.4. The molecule has 2 heterocycles. The fourth-order valence-corrected chi connectivity index (χ4v) is 6.38. The van der Waals surface area contributed by atoms with Crippen LogP contribution in [-0.4, -0.2) is 28.3 Å². The molecule has 3 aliphatic rings. The van der Waals surface area contributed by atoms with Crippen LogP contribution in [0, 0.1) is 29.6 Å². The molecule has 0 unspecified atom stereocenters. The number of carbonyl (C=O) groups is 1. The predicted octanol–water partition coefficient (Wildman–Crippen LogP) is 5.76. The third-order valence-corrected chi connectivity index (χ3v) is 7.95. The van der Waals surface area contributed by atoms with Gasteiger partial charge in [-0.25, -0.2) is 0 Å². The average molecular weight is 472 g/mol. The van der Waals surface area contributed by atoms with E-state index < -0.39 is 23.8 Å². The number of alkyl halides is 3. The van der Waals surface area contributed by atoms with E-state index in [0.717, 1.165) is 37.8 Å². The van der Waals surface area contributed by atoms with Gasteiger partial charge in [0.2, 0.25) is 0 Å². The number of fused-ring (bicyclic) bond motifs is 2. The fourth-order valence-electron chi connectivity index (χ4n) is 6.38. The number of cyclic esters (lactones) is 1. The van der Waals surface area contributed by atoms with Gasteiger partial charge in [0.1, 0.15) is 6.10 Å². The number of pyridine rings is 1. The second kappa shape index (κ2) is 8.84. The molecule has 1 aromatic heterocycles. The van der Waals surface area contributed by atoms with Crippen molar-refractivity contribution in [3.63, 3.8) is 0 Å². The van der Waals surface area contributed by atoms with Crippen LogP contribution in [0.15, 0.2) is 48.7 Å². The summed E-state index contributed by atoms with van der Waals surface area (Å²) in [7, 11) is 0. The second-order valence-electron chi connectivity index (χ2n) is 9.83. The van der Waals surface area contributed by atoms with Crippen molar-refractivity contribution in [2.75, 3.05) is 0 Å². The number of carbonyl (C=O) groups excluding carboxylic acids is 1. The summed E-state index contributed by atoms with van der Waals surface area (Å²) in [6.07, 6.45) is 4.44. The van der Waals surface area contributed by atoms with Crippen LogP contribution in [0.5, 0.6) is 0 Å². The van der Waals surface area contributed by atoms with Gasteiger partial charge >= 0.3 is 12.1 Å². The minimum absolute atomic E-state index is 0.0671. The molecule has 2 saturated carbocycles. The van der Waals surface area contributed by atoms with Gasteiger partial charge in [0.15, 0.2) is 0 Å². The zero-order chi connectivity index (χ0) is 24.0. The molecule has 2 aromatic rings. The van der Waals surface area contributed by atoms with Crippen LogP contribution in [0.25, 0.3) is 17.2 Å². The monoisotopic (exact) mass is 471 g/mol. The van der Waals surface area contributed by atoms with E-state index in [4.69, 9.17) is 4.74 Å². The third kappa shape index (κ3) is 4.15. The van der Waals surface area contributed by atoms with Crippen molar-refractivity contribution in [3.05, 3.63) is 59.9 Å². The smallest absolute Gasteiger partial charge is 0.416 e. The van der Waals surface area contributed by atoms with Gasteiger partial charge in [-0.15, -0.1) is 0 Å². The molecule has 7 heteroatoms. The highest BCUT2D eigenvalue weighted by Gasteiger charge is 2.58. The molecular weight excluding hydrogens is 443 g/mol. The van der Waals surface area contributed by atoms with Gasteiger partial charge in [0.25, 0.3) is 0 Å². The minimum atomic E-state index is -4.39. The summed E-state index contributed by atoms with van der Waals surface area (Å²) in [4.78, 5) is 16.9. The number of aliphatic hydroxyl groups excluding tert-OH is 1. The zero-order valence-corrected chi connectivity index (χ0v) is 18.9. The summed E-state index contributed by atoms with van der Waals surface area (Å²) in [6.45, 7) is 1.90. The van der Waals surface area contributed by atoms with Crippen molar-refractivity contribution >= 4 is 12.0 Å². The Balaban J connectivity index is 1.39. The number of hydrogen-bond donors (Lipinski definition) is 1. The van der Waals surface area contributed by atoms with Crippen LogP contribution in [-0.2, 0) is 15.7 Å². The molecule has 7 atom stereocenters. The Morgan fingerprint density at radius 1 is 1.09 bits per heavy atom. The Labute approximate surface area is 196 Å². The van der Waals surface area contributed by atoms with Crippen LogP contribution in [0.3, 0.4) is 0 Å². The van der Waals surface area contributed by atoms with Crippen molar-refractivity contribution in [2.45, 2.75) is 51.0 Å². The number of aliphatic hydroxyl groups is 1. The van der Waals surface area contributed by atoms with Gasteiger partial charge in [0.05, 0.1) is 23.3 Å². The summed E-state index contributed by atoms with van der Waals surface area (Å²) in [5, 5.41) is 11.0. The summed E-state index contributed by atoms with van der Waals surface area (Å²) < 4.78 is 44.7. The first-order valence-corrected chi connectivity index (χ1v) is 11.9. The van der Waals surface area contributed by atoms with Gasteiger partial charge in [-0.2, -0.15) is 13.2 Å². The van der Waals surface area contributed by atoms with Gasteiger partial charge in [-0.3, -0.25) is 9.78 Å². The summed E-state index contributed by atoms with van der Waals surface area (Å²) in [5.74, 6) is -0.356. The number of benzene rings is 1. The van der Waals surface area contributed by atoms with Crippen LogP contribution >= 0.6 is 0 Å². The summed E-state index contributed by atoms with van der Waals surface area (Å²) in [5.41, 5.74) is 1.08. The maximum absolute atomic E-state index is 13.0. The number of halogens is 3. The Hall–Kier alpha value is -2.67. The number of hydrogen-bond acceptors (Lipinski definition) is 4. The molecule has 180 valence electrons. The standard InChI is InChI=1S/C27H28F3NO3/c1-15-23-21(20-7-2-3-8-22(20)25(32)24(23)26(33)34-15)12-11-19-10-9-17(14-31-19)16-5-4-6-18(13-16)27(28,29)30/h4-6,9-15,20-25,32H,2-3,7-8H2,1H3/b12-11+/t15-,20+,21-,22-,23+,24+,25-/m1/s1. The number of ether oxygens (including phenoxy) is 1. The van der Waals surface area contributed by atoms with E-state index in [2.05, 4.69) is 11.1 Å². The van der Waals surface area contributed by atoms with Crippen molar-refractivity contribution in [2.24, 2.45) is 29.6 Å².